The van der Waals surface area contributed by atoms with Crippen molar-refractivity contribution in [3.63, 3.8) is 0 Å². The number of allylic oxidation sites excluding steroid dienone is 4. The van der Waals surface area contributed by atoms with Crippen LogP contribution in [-0.4, -0.2) is 33.3 Å². The maximum atomic E-state index is 6.28. The van der Waals surface area contributed by atoms with Crippen LogP contribution in [0.4, 0.5) is 5.82 Å². The van der Waals surface area contributed by atoms with Crippen LogP contribution in [0.25, 0.3) is 11.1 Å². The number of aromatic nitrogens is 3. The summed E-state index contributed by atoms with van der Waals surface area (Å²) in [6.07, 6.45) is 13.2. The van der Waals surface area contributed by atoms with Crippen LogP contribution in [0.3, 0.4) is 0 Å². The molecule has 2 N–H and O–H groups in total. The quantitative estimate of drug-likeness (QED) is 0.453. The first-order valence-corrected chi connectivity index (χ1v) is 10.7. The summed E-state index contributed by atoms with van der Waals surface area (Å²) < 4.78 is 2.11. The lowest BCUT2D eigenvalue weighted by molar-refractivity contribution is 0.400. The molecular weight excluding hydrogens is 384 g/mol. The van der Waals surface area contributed by atoms with Crippen LogP contribution in [-0.2, 0) is 0 Å². The lowest BCUT2D eigenvalue weighted by atomic mass is 9.85. The third kappa shape index (κ3) is 4.19. The number of nitrogens with zero attached hydrogens (tertiary/aromatic N) is 5. The van der Waals surface area contributed by atoms with Gasteiger partial charge in [0.1, 0.15) is 17.2 Å². The molecule has 6 nitrogen and oxygen atoms in total. The third-order valence-electron chi connectivity index (χ3n) is 5.65. The molecule has 1 saturated carbocycles. The Bertz CT molecular complexity index is 1190. The molecule has 4 rings (SSSR count). The first-order chi connectivity index (χ1) is 15.1. The molecule has 0 saturated heterocycles. The van der Waals surface area contributed by atoms with Crippen LogP contribution in [0.2, 0.25) is 0 Å². The summed E-state index contributed by atoms with van der Waals surface area (Å²) in [5.74, 6) is 2.05. The minimum Gasteiger partial charge on any atom is -0.382 e. The van der Waals surface area contributed by atoms with Crippen molar-refractivity contribution in [3.8, 4) is 0 Å². The molecule has 0 bridgehead atoms. The maximum Gasteiger partial charge on any atom is 0.150 e. The van der Waals surface area contributed by atoms with Crippen molar-refractivity contribution >= 4 is 28.8 Å². The minimum absolute atomic E-state index is 0.481. The Hall–Kier alpha value is -3.54. The normalized spacial score (nSPS) is 16.3. The average Bonchev–Trinajstić information content (AvgIpc) is 3.11. The molecule has 0 amide bonds. The molecule has 1 aliphatic carbocycles. The van der Waals surface area contributed by atoms with Crippen molar-refractivity contribution in [2.24, 2.45) is 9.98 Å². The molecule has 0 unspecified atom stereocenters. The van der Waals surface area contributed by atoms with Gasteiger partial charge in [0.15, 0.2) is 0 Å². The summed E-state index contributed by atoms with van der Waals surface area (Å²) in [5.41, 5.74) is 11.7. The fourth-order valence-corrected chi connectivity index (χ4v) is 3.88. The molecular formula is C25H28N6. The van der Waals surface area contributed by atoms with E-state index in [0.717, 1.165) is 39.6 Å². The molecule has 1 aromatic carbocycles. The van der Waals surface area contributed by atoms with Gasteiger partial charge in [-0.25, -0.2) is 9.97 Å². The number of hydrogen-bond acceptors (Lipinski definition) is 5. The third-order valence-corrected chi connectivity index (χ3v) is 5.65. The van der Waals surface area contributed by atoms with E-state index in [0.29, 0.717) is 11.7 Å². The van der Waals surface area contributed by atoms with E-state index < -0.39 is 0 Å². The SMILES string of the molecule is C/C=C(\C=C(/C)N=C(C=NC)c1ccccc1)c1nc(C2CCC2)n2ccnc(N)c12. The fourth-order valence-electron chi connectivity index (χ4n) is 3.88. The highest BCUT2D eigenvalue weighted by molar-refractivity contribution is 6.38. The van der Waals surface area contributed by atoms with Gasteiger partial charge in [-0.15, -0.1) is 0 Å². The summed E-state index contributed by atoms with van der Waals surface area (Å²) >= 11 is 0. The lowest BCUT2D eigenvalue weighted by Gasteiger charge is -2.23. The second kappa shape index (κ2) is 9.08. The molecule has 2 aromatic heterocycles. The summed E-state index contributed by atoms with van der Waals surface area (Å²) in [7, 11) is 1.75. The summed E-state index contributed by atoms with van der Waals surface area (Å²) in [4.78, 5) is 18.3. The highest BCUT2D eigenvalue weighted by Gasteiger charge is 2.27. The first kappa shape index (κ1) is 20.7. The fraction of sp³-hybridized carbons (Fsp3) is 0.280. The molecule has 2 heterocycles. The molecule has 1 aliphatic rings. The molecule has 1 fully saturated rings. The number of nitrogen functional groups attached to an aromatic ring is 1. The van der Waals surface area contributed by atoms with Crippen molar-refractivity contribution in [1.82, 2.24) is 14.4 Å². The maximum absolute atomic E-state index is 6.28. The molecule has 6 heteroatoms. The molecule has 0 atom stereocenters. The molecule has 0 spiro atoms. The van der Waals surface area contributed by atoms with E-state index in [9.17, 15) is 0 Å². The number of aliphatic imine (C=N–C) groups is 2. The largest absolute Gasteiger partial charge is 0.382 e. The number of hydrogen-bond donors (Lipinski definition) is 1. The van der Waals surface area contributed by atoms with Gasteiger partial charge in [0, 0.05) is 48.4 Å². The van der Waals surface area contributed by atoms with Gasteiger partial charge in [0.2, 0.25) is 0 Å². The Morgan fingerprint density at radius 2 is 2.00 bits per heavy atom. The van der Waals surface area contributed by atoms with Gasteiger partial charge in [-0.2, -0.15) is 0 Å². The van der Waals surface area contributed by atoms with E-state index in [1.807, 2.05) is 56.5 Å². The summed E-state index contributed by atoms with van der Waals surface area (Å²) in [6, 6.07) is 10.1. The van der Waals surface area contributed by atoms with Gasteiger partial charge in [-0.1, -0.05) is 42.8 Å². The van der Waals surface area contributed by atoms with Crippen LogP contribution >= 0.6 is 0 Å². The zero-order valence-corrected chi connectivity index (χ0v) is 18.3. The zero-order valence-electron chi connectivity index (χ0n) is 18.3. The van der Waals surface area contributed by atoms with E-state index in [-0.39, 0.29) is 0 Å². The van der Waals surface area contributed by atoms with E-state index in [1.54, 1.807) is 19.5 Å². The molecule has 0 aliphatic heterocycles. The number of imidazole rings is 1. The predicted octanol–water partition coefficient (Wildman–Crippen LogP) is 5.08. The Kier molecular flexibility index (Phi) is 6.07. The van der Waals surface area contributed by atoms with Crippen LogP contribution in [0.15, 0.2) is 70.6 Å². The monoisotopic (exact) mass is 412 g/mol. The number of rotatable bonds is 6. The van der Waals surface area contributed by atoms with E-state index in [1.165, 1.54) is 19.3 Å². The highest BCUT2D eigenvalue weighted by Crippen LogP contribution is 2.38. The summed E-state index contributed by atoms with van der Waals surface area (Å²) in [6.45, 7) is 4.00. The van der Waals surface area contributed by atoms with E-state index in [4.69, 9.17) is 15.7 Å². The van der Waals surface area contributed by atoms with Gasteiger partial charge in [-0.3, -0.25) is 14.4 Å². The Morgan fingerprint density at radius 1 is 1.23 bits per heavy atom. The van der Waals surface area contributed by atoms with Crippen molar-refractivity contribution in [3.05, 3.63) is 77.7 Å². The van der Waals surface area contributed by atoms with Crippen molar-refractivity contribution < 1.29 is 0 Å². The smallest absolute Gasteiger partial charge is 0.150 e. The van der Waals surface area contributed by atoms with Gasteiger partial charge in [-0.05, 0) is 32.8 Å². The Labute approximate surface area is 183 Å². The molecule has 158 valence electrons. The second-order valence-electron chi connectivity index (χ2n) is 7.76. The van der Waals surface area contributed by atoms with Crippen molar-refractivity contribution in [2.45, 2.75) is 39.0 Å². The highest BCUT2D eigenvalue weighted by atomic mass is 15.1. The first-order valence-electron chi connectivity index (χ1n) is 10.7. The predicted molar refractivity (Wildman–Crippen MR) is 129 cm³/mol. The Balaban J connectivity index is 1.77. The Morgan fingerprint density at radius 3 is 2.65 bits per heavy atom. The van der Waals surface area contributed by atoms with Crippen molar-refractivity contribution in [2.75, 3.05) is 12.8 Å². The second-order valence-corrected chi connectivity index (χ2v) is 7.76. The van der Waals surface area contributed by atoms with E-state index >= 15 is 0 Å². The van der Waals surface area contributed by atoms with Gasteiger partial charge in [0.05, 0.1) is 11.4 Å². The zero-order chi connectivity index (χ0) is 21.8. The van der Waals surface area contributed by atoms with Crippen LogP contribution in [0.5, 0.6) is 0 Å². The molecule has 0 radical (unpaired) electrons. The number of anilines is 1. The van der Waals surface area contributed by atoms with E-state index in [2.05, 4.69) is 20.5 Å². The van der Waals surface area contributed by atoms with Crippen LogP contribution < -0.4 is 5.73 Å². The van der Waals surface area contributed by atoms with Crippen LogP contribution in [0.1, 0.15) is 56.1 Å². The minimum atomic E-state index is 0.481. The molecule has 3 aromatic rings. The summed E-state index contributed by atoms with van der Waals surface area (Å²) in [5, 5.41) is 0. The van der Waals surface area contributed by atoms with Gasteiger partial charge in [0.25, 0.3) is 0 Å². The van der Waals surface area contributed by atoms with Gasteiger partial charge < -0.3 is 5.73 Å². The standard InChI is InChI=1S/C25H28N6/c1-4-18(15-17(2)29-21(16-27-3)19-9-6-5-7-10-19)22-23-24(26)28-13-14-31(23)25(30-22)20-11-8-12-20/h4-7,9-10,13-16,20H,8,11-12H2,1-3H3,(H2,26,28)/b17-15+,18-4+,27-16?,29-21?. The molecule has 31 heavy (non-hydrogen) atoms. The average molecular weight is 413 g/mol. The number of nitrogens with two attached hydrogens (primary N) is 1. The number of benzene rings is 1. The number of fused-ring (bicyclic) bond motifs is 1. The topological polar surface area (TPSA) is 80.9 Å². The van der Waals surface area contributed by atoms with Gasteiger partial charge >= 0.3 is 0 Å². The van der Waals surface area contributed by atoms with Crippen molar-refractivity contribution in [1.29, 1.82) is 0 Å². The lowest BCUT2D eigenvalue weighted by Crippen LogP contribution is -2.12. The van der Waals surface area contributed by atoms with Crippen LogP contribution in [0, 0.1) is 0 Å².